The summed E-state index contributed by atoms with van der Waals surface area (Å²) in [6.45, 7) is 8.37. The van der Waals surface area contributed by atoms with Gasteiger partial charge in [-0.25, -0.2) is 14.6 Å². The molecule has 2 rings (SSSR count). The molecule has 22 heavy (non-hydrogen) atoms. The molecule has 0 atom stereocenters. The minimum Gasteiger partial charge on any atom is -0.367 e. The summed E-state index contributed by atoms with van der Waals surface area (Å²) >= 11 is 0. The van der Waals surface area contributed by atoms with Crippen LogP contribution in [0.3, 0.4) is 0 Å². The zero-order valence-corrected chi connectivity index (χ0v) is 13.0. The van der Waals surface area contributed by atoms with Gasteiger partial charge in [-0.05, 0) is 25.6 Å². The molecule has 0 aromatic heterocycles. The highest BCUT2D eigenvalue weighted by Gasteiger charge is 2.18. The first kappa shape index (κ1) is 16.2. The molecule has 0 bridgehead atoms. The number of hydrogen-bond acceptors (Lipinski definition) is 4. The van der Waals surface area contributed by atoms with Gasteiger partial charge in [-0.15, -0.1) is 0 Å². The quantitative estimate of drug-likeness (QED) is 0.651. The van der Waals surface area contributed by atoms with E-state index in [0.29, 0.717) is 17.0 Å². The molecule has 1 aliphatic heterocycles. The van der Waals surface area contributed by atoms with E-state index in [9.17, 15) is 9.18 Å². The van der Waals surface area contributed by atoms with Crippen molar-refractivity contribution in [1.29, 1.82) is 0 Å². The fourth-order valence-corrected chi connectivity index (χ4v) is 2.50. The molecule has 1 aliphatic rings. The number of nitrogens with zero attached hydrogens (tertiary/aromatic N) is 3. The molecule has 2 amide bonds. The number of rotatable bonds is 4. The first-order valence-electron chi connectivity index (χ1n) is 7.38. The van der Waals surface area contributed by atoms with Gasteiger partial charge in [-0.3, -0.25) is 0 Å². The zero-order chi connectivity index (χ0) is 16.1. The second kappa shape index (κ2) is 7.22. The highest BCUT2D eigenvalue weighted by Crippen LogP contribution is 2.22. The Balaban J connectivity index is 2.10. The van der Waals surface area contributed by atoms with Gasteiger partial charge in [0.1, 0.15) is 5.82 Å². The second-order valence-corrected chi connectivity index (χ2v) is 5.26. The Bertz CT molecular complexity index is 567. The molecule has 1 saturated heterocycles. The molecular weight excluding hydrogens is 285 g/mol. The number of hydrogen-bond donors (Lipinski definition) is 2. The number of carbonyl (C=O) groups excluding carboxylic acids is 1. The summed E-state index contributed by atoms with van der Waals surface area (Å²) in [6.07, 6.45) is 0. The lowest BCUT2D eigenvalue weighted by molar-refractivity contribution is 0.249. The van der Waals surface area contributed by atoms with Crippen LogP contribution in [0.25, 0.3) is 0 Å². The number of anilines is 1. The minimum absolute atomic E-state index is 0.281. The topological polar surface area (TPSA) is 74.0 Å². The Morgan fingerprint density at radius 1 is 1.36 bits per heavy atom. The molecule has 7 heteroatoms. The van der Waals surface area contributed by atoms with Crippen LogP contribution in [0.2, 0.25) is 0 Å². The number of halogens is 1. The number of primary amides is 1. The maximum Gasteiger partial charge on any atom is 0.332 e. The Morgan fingerprint density at radius 3 is 2.59 bits per heavy atom. The van der Waals surface area contributed by atoms with Crippen LogP contribution in [0.4, 0.5) is 14.9 Å². The molecule has 3 N–H and O–H groups in total. The Hall–Kier alpha value is -2.15. The molecule has 0 saturated carbocycles. The number of nitrogens with two attached hydrogens (primary N) is 1. The summed E-state index contributed by atoms with van der Waals surface area (Å²) in [4.78, 5) is 15.0. The van der Waals surface area contributed by atoms with Crippen LogP contribution in [-0.2, 0) is 0 Å². The van der Waals surface area contributed by atoms with Gasteiger partial charge in [0.05, 0.1) is 11.4 Å². The van der Waals surface area contributed by atoms with Crippen molar-refractivity contribution in [2.45, 2.75) is 13.8 Å². The van der Waals surface area contributed by atoms with Crippen molar-refractivity contribution in [2.24, 2.45) is 10.8 Å². The van der Waals surface area contributed by atoms with E-state index >= 15 is 0 Å². The van der Waals surface area contributed by atoms with Gasteiger partial charge in [0.15, 0.2) is 0 Å². The summed E-state index contributed by atoms with van der Waals surface area (Å²) in [6, 6.07) is 4.25. The summed E-state index contributed by atoms with van der Waals surface area (Å²) in [5.41, 5.74) is 8.81. The Labute approximate surface area is 129 Å². The lowest BCUT2D eigenvalue weighted by atomic mass is 10.1. The van der Waals surface area contributed by atoms with E-state index in [2.05, 4.69) is 27.3 Å². The summed E-state index contributed by atoms with van der Waals surface area (Å²) in [5.74, 6) is -0.281. The Morgan fingerprint density at radius 2 is 2.05 bits per heavy atom. The first-order chi connectivity index (χ1) is 10.5. The van der Waals surface area contributed by atoms with Crippen molar-refractivity contribution in [2.75, 3.05) is 37.6 Å². The molecule has 1 fully saturated rings. The fraction of sp³-hybridized carbons (Fsp3) is 0.467. The SMILES string of the molecule is CCN1CCN(c2ccc(/C(C)=N\NC(N)=O)cc2F)CC1. The molecule has 1 heterocycles. The van der Waals surface area contributed by atoms with E-state index in [0.717, 1.165) is 32.7 Å². The number of piperazine rings is 1. The molecule has 0 spiro atoms. The monoisotopic (exact) mass is 307 g/mol. The number of urea groups is 1. The van der Waals surface area contributed by atoms with Crippen LogP contribution in [-0.4, -0.2) is 49.4 Å². The lowest BCUT2D eigenvalue weighted by Gasteiger charge is -2.35. The van der Waals surface area contributed by atoms with E-state index in [1.807, 2.05) is 0 Å². The van der Waals surface area contributed by atoms with Gasteiger partial charge in [0.25, 0.3) is 0 Å². The third-order valence-electron chi connectivity index (χ3n) is 3.86. The van der Waals surface area contributed by atoms with Crippen LogP contribution < -0.4 is 16.1 Å². The van der Waals surface area contributed by atoms with E-state index in [-0.39, 0.29) is 5.82 Å². The minimum atomic E-state index is -0.745. The number of nitrogens with one attached hydrogen (secondary N) is 1. The number of carbonyl (C=O) groups is 1. The molecule has 1 aromatic rings. The predicted molar refractivity (Wildman–Crippen MR) is 85.7 cm³/mol. The molecule has 0 aliphatic carbocycles. The average molecular weight is 307 g/mol. The summed E-state index contributed by atoms with van der Waals surface area (Å²) < 4.78 is 14.4. The smallest absolute Gasteiger partial charge is 0.332 e. The van der Waals surface area contributed by atoms with Crippen molar-refractivity contribution >= 4 is 17.4 Å². The number of hydrazone groups is 1. The van der Waals surface area contributed by atoms with Crippen molar-refractivity contribution in [3.63, 3.8) is 0 Å². The van der Waals surface area contributed by atoms with E-state index in [4.69, 9.17) is 5.73 Å². The Kier molecular flexibility index (Phi) is 5.32. The van der Waals surface area contributed by atoms with E-state index in [1.54, 1.807) is 19.1 Å². The third-order valence-corrected chi connectivity index (χ3v) is 3.86. The fourth-order valence-electron chi connectivity index (χ4n) is 2.50. The number of likely N-dealkylation sites (N-methyl/N-ethyl adjacent to an activating group) is 1. The molecule has 0 unspecified atom stereocenters. The van der Waals surface area contributed by atoms with Gasteiger partial charge < -0.3 is 15.5 Å². The normalized spacial score (nSPS) is 16.7. The number of benzene rings is 1. The van der Waals surface area contributed by atoms with E-state index in [1.165, 1.54) is 6.07 Å². The first-order valence-corrected chi connectivity index (χ1v) is 7.38. The highest BCUT2D eigenvalue weighted by molar-refractivity contribution is 5.99. The highest BCUT2D eigenvalue weighted by atomic mass is 19.1. The van der Waals surface area contributed by atoms with Crippen LogP contribution in [0.5, 0.6) is 0 Å². The number of amides is 2. The van der Waals surface area contributed by atoms with Crippen LogP contribution >= 0.6 is 0 Å². The van der Waals surface area contributed by atoms with Crippen molar-refractivity contribution in [3.8, 4) is 0 Å². The molecule has 1 aromatic carbocycles. The average Bonchev–Trinajstić information content (AvgIpc) is 2.52. The predicted octanol–water partition coefficient (Wildman–Crippen LogP) is 1.36. The van der Waals surface area contributed by atoms with E-state index < -0.39 is 6.03 Å². The second-order valence-electron chi connectivity index (χ2n) is 5.26. The van der Waals surface area contributed by atoms with Gasteiger partial charge in [0, 0.05) is 31.7 Å². The molecule has 0 radical (unpaired) electrons. The van der Waals surface area contributed by atoms with Gasteiger partial charge in [-0.2, -0.15) is 5.10 Å². The largest absolute Gasteiger partial charge is 0.367 e. The van der Waals surface area contributed by atoms with Gasteiger partial charge in [0.2, 0.25) is 0 Å². The molecular formula is C15H22FN5O. The van der Waals surface area contributed by atoms with Crippen molar-refractivity contribution < 1.29 is 9.18 Å². The third kappa shape index (κ3) is 3.94. The lowest BCUT2D eigenvalue weighted by Crippen LogP contribution is -2.46. The zero-order valence-electron chi connectivity index (χ0n) is 13.0. The van der Waals surface area contributed by atoms with Gasteiger partial charge in [-0.1, -0.05) is 13.0 Å². The molecule has 6 nitrogen and oxygen atoms in total. The van der Waals surface area contributed by atoms with Crippen molar-refractivity contribution in [1.82, 2.24) is 10.3 Å². The molecule has 120 valence electrons. The van der Waals surface area contributed by atoms with Crippen LogP contribution in [0, 0.1) is 5.82 Å². The summed E-state index contributed by atoms with van der Waals surface area (Å²) in [5, 5.41) is 3.80. The maximum atomic E-state index is 14.4. The summed E-state index contributed by atoms with van der Waals surface area (Å²) in [7, 11) is 0. The van der Waals surface area contributed by atoms with Crippen molar-refractivity contribution in [3.05, 3.63) is 29.6 Å². The van der Waals surface area contributed by atoms with Crippen LogP contribution in [0.15, 0.2) is 23.3 Å². The van der Waals surface area contributed by atoms with Crippen LogP contribution in [0.1, 0.15) is 19.4 Å². The van der Waals surface area contributed by atoms with Gasteiger partial charge >= 0.3 is 6.03 Å². The maximum absolute atomic E-state index is 14.4. The standard InChI is InChI=1S/C15H22FN5O/c1-3-20-6-8-21(9-7-20)14-5-4-12(10-13(14)16)11(2)18-19-15(17)22/h4-5,10H,3,6-9H2,1-2H3,(H3,17,19,22)/b18-11-.